The molecule has 4 rings (SSSR count). The summed E-state index contributed by atoms with van der Waals surface area (Å²) in [5, 5.41) is 20.6. The zero-order valence-electron chi connectivity index (χ0n) is 21.8. The number of aromatic carboxylic acids is 1. The van der Waals surface area contributed by atoms with E-state index in [4.69, 9.17) is 9.84 Å². The fourth-order valence-electron chi connectivity index (χ4n) is 4.20. The number of carbonyl (C=O) groups is 1. The molecule has 0 amide bonds. The number of para-hydroxylation sites is 1. The molecule has 3 aromatic carbocycles. The van der Waals surface area contributed by atoms with Gasteiger partial charge in [-0.05, 0) is 65.9 Å². The molecule has 4 aromatic rings. The lowest BCUT2D eigenvalue weighted by Gasteiger charge is -2.16. The number of carboxylic acids is 1. The van der Waals surface area contributed by atoms with Crippen LogP contribution in [0, 0.1) is 6.92 Å². The molecule has 0 atom stereocenters. The predicted octanol–water partition coefficient (Wildman–Crippen LogP) is 6.28. The topological polar surface area (TPSA) is 89.3 Å². The maximum atomic E-state index is 13.7. The van der Waals surface area contributed by atoms with E-state index in [0.29, 0.717) is 30.2 Å². The Kier molecular flexibility index (Phi) is 8.35. The first-order valence-electron chi connectivity index (χ1n) is 12.4. The normalized spacial score (nSPS) is 11.7. The summed E-state index contributed by atoms with van der Waals surface area (Å²) in [4.78, 5) is 11.0. The Morgan fingerprint density at radius 2 is 1.77 bits per heavy atom. The van der Waals surface area contributed by atoms with Crippen LogP contribution < -0.4 is 10.1 Å². The molecule has 0 bridgehead atoms. The lowest BCUT2D eigenvalue weighted by molar-refractivity contribution is -0.137. The number of alkyl halides is 3. The Morgan fingerprint density at radius 1 is 1.05 bits per heavy atom. The molecular formula is C29H29F3N4O3. The fourth-order valence-corrected chi connectivity index (χ4v) is 4.20. The molecule has 0 aliphatic rings. The number of aryl methyl sites for hydroxylation is 1. The number of ether oxygens (including phenoxy) is 1. The first-order valence-corrected chi connectivity index (χ1v) is 12.4. The van der Waals surface area contributed by atoms with E-state index >= 15 is 0 Å². The van der Waals surface area contributed by atoms with Crippen LogP contribution in [0.15, 0.2) is 66.7 Å². The van der Waals surface area contributed by atoms with Gasteiger partial charge in [-0.15, -0.1) is 5.10 Å². The van der Waals surface area contributed by atoms with Crippen molar-refractivity contribution in [1.29, 1.82) is 0 Å². The second-order valence-electron chi connectivity index (χ2n) is 9.49. The van der Waals surface area contributed by atoms with Gasteiger partial charge in [0.1, 0.15) is 18.1 Å². The predicted molar refractivity (Wildman–Crippen MR) is 140 cm³/mol. The van der Waals surface area contributed by atoms with Crippen molar-refractivity contribution in [1.82, 2.24) is 20.3 Å². The lowest BCUT2D eigenvalue weighted by Crippen LogP contribution is -2.15. The number of nitrogens with one attached hydrogen (secondary N) is 1. The number of aromatic nitrogens is 3. The van der Waals surface area contributed by atoms with Gasteiger partial charge in [0.2, 0.25) is 0 Å². The minimum absolute atomic E-state index is 0.00389. The maximum Gasteiger partial charge on any atom is 0.418 e. The van der Waals surface area contributed by atoms with Crippen molar-refractivity contribution in [2.45, 2.75) is 52.6 Å². The van der Waals surface area contributed by atoms with Gasteiger partial charge in [0.25, 0.3) is 0 Å². The van der Waals surface area contributed by atoms with Gasteiger partial charge in [-0.2, -0.15) is 13.2 Å². The molecule has 0 unspecified atom stereocenters. The standard InChI is InChI=1S/C29H29F3N4O3/c1-18(2)27-26(36(35-34-27)25-7-5-4-6-24(25)29(30,31)32)17-39-23-13-12-22(19(3)14-23)16-33-15-20-8-10-21(11-9-20)28(37)38/h4-14,18,33H,15-17H2,1-3H3,(H,37,38). The first kappa shape index (κ1) is 27.8. The summed E-state index contributed by atoms with van der Waals surface area (Å²) in [6, 6.07) is 17.6. The van der Waals surface area contributed by atoms with Crippen LogP contribution in [0.1, 0.15) is 63.8 Å². The summed E-state index contributed by atoms with van der Waals surface area (Å²) in [5.74, 6) is -0.447. The Bertz CT molecular complexity index is 1450. The molecule has 1 heterocycles. The lowest BCUT2D eigenvalue weighted by atomic mass is 10.1. The quantitative estimate of drug-likeness (QED) is 0.247. The molecule has 39 heavy (non-hydrogen) atoms. The van der Waals surface area contributed by atoms with E-state index < -0.39 is 17.7 Å². The fraction of sp³-hybridized carbons (Fsp3) is 0.276. The van der Waals surface area contributed by atoms with Gasteiger partial charge in [-0.3, -0.25) is 0 Å². The van der Waals surface area contributed by atoms with Gasteiger partial charge in [0, 0.05) is 13.1 Å². The summed E-state index contributed by atoms with van der Waals surface area (Å²) in [6.45, 7) is 6.92. The van der Waals surface area contributed by atoms with Crippen LogP contribution in [-0.4, -0.2) is 26.1 Å². The SMILES string of the molecule is Cc1cc(OCc2c(C(C)C)nnn2-c2ccccc2C(F)(F)F)ccc1CNCc1ccc(C(=O)O)cc1. The molecular weight excluding hydrogens is 509 g/mol. The Labute approximate surface area is 224 Å². The van der Waals surface area contributed by atoms with Crippen molar-refractivity contribution in [3.05, 3.63) is 106 Å². The molecule has 2 N–H and O–H groups in total. The Morgan fingerprint density at radius 3 is 2.41 bits per heavy atom. The molecule has 0 aliphatic carbocycles. The molecule has 0 radical (unpaired) electrons. The van der Waals surface area contributed by atoms with Gasteiger partial charge >= 0.3 is 12.1 Å². The number of carboxylic acid groups (broad SMARTS) is 1. The van der Waals surface area contributed by atoms with Gasteiger partial charge in [0.15, 0.2) is 0 Å². The molecule has 0 saturated heterocycles. The number of nitrogens with zero attached hydrogens (tertiary/aromatic N) is 3. The van der Waals surface area contributed by atoms with E-state index in [0.717, 1.165) is 22.8 Å². The molecule has 10 heteroatoms. The molecule has 1 aromatic heterocycles. The summed E-state index contributed by atoms with van der Waals surface area (Å²) in [6.07, 6.45) is -4.54. The molecule has 0 saturated carbocycles. The van der Waals surface area contributed by atoms with Crippen molar-refractivity contribution in [3.63, 3.8) is 0 Å². The van der Waals surface area contributed by atoms with Crippen molar-refractivity contribution < 1.29 is 27.8 Å². The first-order chi connectivity index (χ1) is 18.5. The maximum absolute atomic E-state index is 13.7. The minimum Gasteiger partial charge on any atom is -0.487 e. The van der Waals surface area contributed by atoms with E-state index in [2.05, 4.69) is 15.6 Å². The zero-order valence-corrected chi connectivity index (χ0v) is 21.8. The van der Waals surface area contributed by atoms with Gasteiger partial charge in [-0.1, -0.05) is 49.4 Å². The summed E-state index contributed by atoms with van der Waals surface area (Å²) < 4.78 is 48.3. The minimum atomic E-state index is -4.54. The number of halogens is 3. The summed E-state index contributed by atoms with van der Waals surface area (Å²) >= 11 is 0. The largest absolute Gasteiger partial charge is 0.487 e. The van der Waals surface area contributed by atoms with E-state index in [1.165, 1.54) is 22.9 Å². The highest BCUT2D eigenvalue weighted by Crippen LogP contribution is 2.34. The zero-order chi connectivity index (χ0) is 28.2. The Balaban J connectivity index is 1.46. The van der Waals surface area contributed by atoms with Gasteiger partial charge < -0.3 is 15.2 Å². The third-order valence-electron chi connectivity index (χ3n) is 6.31. The van der Waals surface area contributed by atoms with Crippen LogP contribution >= 0.6 is 0 Å². The number of rotatable bonds is 10. The molecule has 0 aliphatic heterocycles. The highest BCUT2D eigenvalue weighted by molar-refractivity contribution is 5.87. The van der Waals surface area contributed by atoms with Crippen molar-refractivity contribution >= 4 is 5.97 Å². The van der Waals surface area contributed by atoms with Crippen molar-refractivity contribution in [2.75, 3.05) is 0 Å². The van der Waals surface area contributed by atoms with Crippen LogP contribution in [0.3, 0.4) is 0 Å². The van der Waals surface area contributed by atoms with E-state index in [1.807, 2.05) is 39.0 Å². The van der Waals surface area contributed by atoms with Crippen LogP contribution in [0.2, 0.25) is 0 Å². The second kappa shape index (κ2) is 11.7. The molecule has 204 valence electrons. The van der Waals surface area contributed by atoms with E-state index in [1.54, 1.807) is 24.3 Å². The van der Waals surface area contributed by atoms with E-state index in [-0.39, 0.29) is 23.8 Å². The summed E-state index contributed by atoms with van der Waals surface area (Å²) in [7, 11) is 0. The second-order valence-corrected chi connectivity index (χ2v) is 9.49. The van der Waals surface area contributed by atoms with Crippen molar-refractivity contribution in [2.24, 2.45) is 0 Å². The molecule has 0 spiro atoms. The third-order valence-corrected chi connectivity index (χ3v) is 6.31. The average Bonchev–Trinajstić information content (AvgIpc) is 3.32. The van der Waals surface area contributed by atoms with Crippen LogP contribution in [-0.2, 0) is 25.9 Å². The Hall–Kier alpha value is -4.18. The van der Waals surface area contributed by atoms with Crippen molar-refractivity contribution in [3.8, 4) is 11.4 Å². The number of hydrogen-bond acceptors (Lipinski definition) is 5. The summed E-state index contributed by atoms with van der Waals surface area (Å²) in [5.41, 5.74) is 3.39. The highest BCUT2D eigenvalue weighted by atomic mass is 19.4. The molecule has 7 nitrogen and oxygen atoms in total. The number of hydrogen-bond donors (Lipinski definition) is 2. The highest BCUT2D eigenvalue weighted by Gasteiger charge is 2.35. The van der Waals surface area contributed by atoms with E-state index in [9.17, 15) is 18.0 Å². The monoisotopic (exact) mass is 538 g/mol. The van der Waals surface area contributed by atoms with Crippen LogP contribution in [0.25, 0.3) is 5.69 Å². The average molecular weight is 539 g/mol. The smallest absolute Gasteiger partial charge is 0.418 e. The third kappa shape index (κ3) is 6.64. The van der Waals surface area contributed by atoms with Gasteiger partial charge in [-0.25, -0.2) is 9.48 Å². The number of benzene rings is 3. The van der Waals surface area contributed by atoms with Crippen LogP contribution in [0.4, 0.5) is 13.2 Å². The van der Waals surface area contributed by atoms with Gasteiger partial charge in [0.05, 0.1) is 22.5 Å². The van der Waals surface area contributed by atoms with Crippen LogP contribution in [0.5, 0.6) is 5.75 Å². The molecule has 0 fully saturated rings.